The molecule has 5 rings (SSSR count). The number of rotatable bonds is 3. The molecule has 32 heavy (non-hydrogen) atoms. The molecule has 0 bridgehead atoms. The number of H-pyrrole nitrogens is 1. The largest absolute Gasteiger partial charge is 0.353 e. The first kappa shape index (κ1) is 20.2. The van der Waals surface area contributed by atoms with E-state index in [2.05, 4.69) is 16.4 Å². The molecule has 0 atom stereocenters. The monoisotopic (exact) mass is 426 g/mol. The molecule has 4 aromatic rings. The van der Waals surface area contributed by atoms with Crippen molar-refractivity contribution in [2.75, 3.05) is 18.4 Å². The lowest BCUT2D eigenvalue weighted by molar-refractivity contribution is -0.129. The number of nitrogens with one attached hydrogen (secondary N) is 2. The van der Waals surface area contributed by atoms with Gasteiger partial charge < -0.3 is 15.2 Å². The van der Waals surface area contributed by atoms with Crippen LogP contribution in [-0.4, -0.2) is 39.8 Å². The van der Waals surface area contributed by atoms with E-state index in [1.165, 1.54) is 0 Å². The van der Waals surface area contributed by atoms with Crippen molar-refractivity contribution in [3.63, 3.8) is 0 Å². The number of anilines is 1. The van der Waals surface area contributed by atoms with Gasteiger partial charge in [0.15, 0.2) is 0 Å². The van der Waals surface area contributed by atoms with Gasteiger partial charge in [0.05, 0.1) is 11.7 Å². The Balaban J connectivity index is 1.43. The average Bonchev–Trinajstić information content (AvgIpc) is 3.16. The fourth-order valence-electron chi connectivity index (χ4n) is 4.60. The minimum Gasteiger partial charge on any atom is -0.353 e. The number of piperidine rings is 1. The Bertz CT molecular complexity index is 1330. The molecule has 6 heteroatoms. The molecule has 0 aliphatic carbocycles. The molecule has 1 saturated heterocycles. The summed E-state index contributed by atoms with van der Waals surface area (Å²) in [5, 5.41) is 5.18. The molecule has 2 aromatic carbocycles. The van der Waals surface area contributed by atoms with Gasteiger partial charge in [-0.05, 0) is 56.2 Å². The molecule has 2 aromatic heterocycles. The zero-order valence-corrected chi connectivity index (χ0v) is 18.3. The molecule has 1 aliphatic rings. The number of aromatic amines is 1. The number of likely N-dealkylation sites (tertiary alicyclic amines) is 1. The average molecular weight is 427 g/mol. The van der Waals surface area contributed by atoms with Crippen LogP contribution in [0.25, 0.3) is 21.8 Å². The number of benzene rings is 2. The van der Waals surface area contributed by atoms with E-state index < -0.39 is 0 Å². The number of pyridine rings is 1. The number of aryl methyl sites for hydroxylation is 1. The second-order valence-electron chi connectivity index (χ2n) is 8.64. The van der Waals surface area contributed by atoms with Crippen molar-refractivity contribution >= 4 is 39.3 Å². The molecule has 0 unspecified atom stereocenters. The second-order valence-corrected chi connectivity index (χ2v) is 8.64. The summed E-state index contributed by atoms with van der Waals surface area (Å²) < 4.78 is 0. The van der Waals surface area contributed by atoms with Crippen LogP contribution in [0, 0.1) is 6.92 Å². The number of hydrogen-bond donors (Lipinski definition) is 2. The summed E-state index contributed by atoms with van der Waals surface area (Å²) in [5.41, 5.74) is 5.52. The fraction of sp³-hybridized carbons (Fsp3) is 0.269. The topological polar surface area (TPSA) is 78.1 Å². The summed E-state index contributed by atoms with van der Waals surface area (Å²) >= 11 is 0. The number of carbonyl (C=O) groups is 2. The van der Waals surface area contributed by atoms with Crippen molar-refractivity contribution in [3.05, 3.63) is 71.5 Å². The number of hydrogen-bond acceptors (Lipinski definition) is 3. The molecule has 2 N–H and O–H groups in total. The lowest BCUT2D eigenvalue weighted by Crippen LogP contribution is -2.36. The molecule has 0 radical (unpaired) electrons. The Labute approximate surface area is 186 Å². The molecular formula is C26H26N4O2. The zero-order chi connectivity index (χ0) is 22.2. The van der Waals surface area contributed by atoms with Gasteiger partial charge in [0.25, 0.3) is 5.91 Å². The lowest BCUT2D eigenvalue weighted by Gasteiger charge is -2.31. The lowest BCUT2D eigenvalue weighted by atomic mass is 9.92. The Morgan fingerprint density at radius 2 is 1.81 bits per heavy atom. The third-order valence-electron chi connectivity index (χ3n) is 6.40. The Kier molecular flexibility index (Phi) is 5.13. The van der Waals surface area contributed by atoms with Crippen molar-refractivity contribution in [1.82, 2.24) is 14.9 Å². The molecule has 0 saturated carbocycles. The van der Waals surface area contributed by atoms with E-state index in [1.54, 1.807) is 6.92 Å². The summed E-state index contributed by atoms with van der Waals surface area (Å²) in [4.78, 5) is 34.3. The van der Waals surface area contributed by atoms with Crippen LogP contribution >= 0.6 is 0 Å². The minimum atomic E-state index is -0.118. The highest BCUT2D eigenvalue weighted by atomic mass is 16.2. The van der Waals surface area contributed by atoms with Crippen molar-refractivity contribution in [3.8, 4) is 0 Å². The van der Waals surface area contributed by atoms with Crippen LogP contribution in [0.5, 0.6) is 0 Å². The normalized spacial score (nSPS) is 14.8. The van der Waals surface area contributed by atoms with Crippen LogP contribution in [0.4, 0.5) is 5.69 Å². The molecule has 3 heterocycles. The maximum Gasteiger partial charge on any atom is 0.255 e. The van der Waals surface area contributed by atoms with Gasteiger partial charge in [0.2, 0.25) is 5.91 Å². The Hall–Kier alpha value is -3.67. The van der Waals surface area contributed by atoms with E-state index in [9.17, 15) is 9.59 Å². The van der Waals surface area contributed by atoms with Gasteiger partial charge in [-0.1, -0.05) is 17.7 Å². The molecule has 6 nitrogen and oxygen atoms in total. The molecule has 2 amide bonds. The third-order valence-corrected chi connectivity index (χ3v) is 6.40. The number of fused-ring (bicyclic) bond motifs is 3. The van der Waals surface area contributed by atoms with Crippen LogP contribution in [-0.2, 0) is 4.79 Å². The Morgan fingerprint density at radius 3 is 2.56 bits per heavy atom. The predicted octanol–water partition coefficient (Wildman–Crippen LogP) is 5.00. The van der Waals surface area contributed by atoms with Crippen molar-refractivity contribution in [1.29, 1.82) is 0 Å². The first-order valence-corrected chi connectivity index (χ1v) is 11.0. The summed E-state index contributed by atoms with van der Waals surface area (Å²) in [6.45, 7) is 5.17. The van der Waals surface area contributed by atoms with E-state index in [-0.39, 0.29) is 11.8 Å². The van der Waals surface area contributed by atoms with E-state index in [0.717, 1.165) is 64.7 Å². The van der Waals surface area contributed by atoms with Crippen molar-refractivity contribution < 1.29 is 9.59 Å². The van der Waals surface area contributed by atoms with Gasteiger partial charge in [0, 0.05) is 59.2 Å². The summed E-state index contributed by atoms with van der Waals surface area (Å²) in [6, 6.07) is 15.7. The van der Waals surface area contributed by atoms with Gasteiger partial charge in [-0.3, -0.25) is 14.6 Å². The second kappa shape index (κ2) is 8.11. The number of amides is 2. The zero-order valence-electron chi connectivity index (χ0n) is 18.3. The number of nitrogens with zero attached hydrogens (tertiary/aromatic N) is 2. The maximum atomic E-state index is 12.7. The molecular weight excluding hydrogens is 400 g/mol. The molecule has 1 aliphatic heterocycles. The minimum absolute atomic E-state index is 0.118. The van der Waals surface area contributed by atoms with Gasteiger partial charge in [-0.2, -0.15) is 0 Å². The third kappa shape index (κ3) is 3.84. The van der Waals surface area contributed by atoms with Gasteiger partial charge in [-0.25, -0.2) is 0 Å². The predicted molar refractivity (Wildman–Crippen MR) is 127 cm³/mol. The molecule has 0 spiro atoms. The highest BCUT2D eigenvalue weighted by molar-refractivity contribution is 6.10. The number of aromatic nitrogens is 2. The van der Waals surface area contributed by atoms with E-state index >= 15 is 0 Å². The molecule has 1 fully saturated rings. The van der Waals surface area contributed by atoms with E-state index in [4.69, 9.17) is 4.98 Å². The summed E-state index contributed by atoms with van der Waals surface area (Å²) in [6.07, 6.45) is 3.75. The molecule has 162 valence electrons. The van der Waals surface area contributed by atoms with Crippen LogP contribution < -0.4 is 5.32 Å². The van der Waals surface area contributed by atoms with Crippen LogP contribution in [0.1, 0.15) is 47.3 Å². The fourth-order valence-corrected chi connectivity index (χ4v) is 4.60. The SMILES string of the molecule is CC(=O)N1CCC(c2cc3c(cn2)[nH]c2ccc(NC(=O)c4cccc(C)c4)cc23)CC1. The summed E-state index contributed by atoms with van der Waals surface area (Å²) in [5.74, 6) is 0.375. The van der Waals surface area contributed by atoms with Gasteiger partial charge in [0.1, 0.15) is 0 Å². The van der Waals surface area contributed by atoms with Crippen LogP contribution in [0.2, 0.25) is 0 Å². The van der Waals surface area contributed by atoms with Crippen molar-refractivity contribution in [2.45, 2.75) is 32.6 Å². The summed E-state index contributed by atoms with van der Waals surface area (Å²) in [7, 11) is 0. The highest BCUT2D eigenvalue weighted by Gasteiger charge is 2.23. The van der Waals surface area contributed by atoms with Crippen LogP contribution in [0.3, 0.4) is 0 Å². The standard InChI is InChI=1S/C26H26N4O2/c1-16-4-3-5-19(12-16)26(32)28-20-6-7-23-21(13-20)22-14-24(27-15-25(22)29-23)18-8-10-30(11-9-18)17(2)31/h3-7,12-15,18,29H,8-11H2,1-2H3,(H,28,32). The smallest absolute Gasteiger partial charge is 0.255 e. The van der Waals surface area contributed by atoms with E-state index in [1.807, 2.05) is 60.5 Å². The number of carbonyl (C=O) groups excluding carboxylic acids is 2. The first-order valence-electron chi connectivity index (χ1n) is 11.0. The first-order chi connectivity index (χ1) is 15.5. The Morgan fingerprint density at radius 1 is 1.03 bits per heavy atom. The highest BCUT2D eigenvalue weighted by Crippen LogP contribution is 2.32. The van der Waals surface area contributed by atoms with Crippen molar-refractivity contribution in [2.24, 2.45) is 0 Å². The van der Waals surface area contributed by atoms with Crippen LogP contribution in [0.15, 0.2) is 54.7 Å². The van der Waals surface area contributed by atoms with Gasteiger partial charge >= 0.3 is 0 Å². The quantitative estimate of drug-likeness (QED) is 0.484. The van der Waals surface area contributed by atoms with Gasteiger partial charge in [-0.15, -0.1) is 0 Å². The maximum absolute atomic E-state index is 12.7. The van der Waals surface area contributed by atoms with E-state index in [0.29, 0.717) is 11.5 Å².